The number of carbonyl (C=O) groups is 1. The Kier molecular flexibility index (Phi) is 3.06. The third-order valence-corrected chi connectivity index (χ3v) is 3.56. The van der Waals surface area contributed by atoms with Crippen LogP contribution in [0.2, 0.25) is 0 Å². The molecule has 0 radical (unpaired) electrons. The van der Waals surface area contributed by atoms with Crippen LogP contribution in [0.25, 0.3) is 0 Å². The molecular weight excluding hydrogens is 176 g/mol. The number of carbonyl (C=O) groups excluding carboxylic acids is 1. The summed E-state index contributed by atoms with van der Waals surface area (Å²) in [6.45, 7) is 1.71. The van der Waals surface area contributed by atoms with E-state index < -0.39 is 0 Å². The fourth-order valence-corrected chi connectivity index (χ4v) is 2.60. The standard InChI is InChI=1S/C11H20N2O/c12-10-8-13(11(10)14)7-3-6-9-4-1-2-5-9/h9-10H,1-8,12H2. The first-order chi connectivity index (χ1) is 6.77. The topological polar surface area (TPSA) is 46.3 Å². The summed E-state index contributed by atoms with van der Waals surface area (Å²) in [6.07, 6.45) is 8.12. The minimum absolute atomic E-state index is 0.149. The van der Waals surface area contributed by atoms with Gasteiger partial charge in [-0.25, -0.2) is 0 Å². The minimum Gasteiger partial charge on any atom is -0.339 e. The molecule has 1 atom stereocenters. The van der Waals surface area contributed by atoms with E-state index >= 15 is 0 Å². The van der Waals surface area contributed by atoms with Crippen LogP contribution in [0.1, 0.15) is 38.5 Å². The highest BCUT2D eigenvalue weighted by Gasteiger charge is 2.32. The van der Waals surface area contributed by atoms with Crippen molar-refractivity contribution in [3.8, 4) is 0 Å². The summed E-state index contributed by atoms with van der Waals surface area (Å²) in [4.78, 5) is 13.1. The van der Waals surface area contributed by atoms with Gasteiger partial charge >= 0.3 is 0 Å². The SMILES string of the molecule is NC1CN(CCCC2CCCC2)C1=O. The zero-order chi connectivity index (χ0) is 9.97. The molecule has 0 aromatic rings. The van der Waals surface area contributed by atoms with Crippen molar-refractivity contribution >= 4 is 5.91 Å². The molecule has 2 aliphatic rings. The fourth-order valence-electron chi connectivity index (χ4n) is 2.60. The summed E-state index contributed by atoms with van der Waals surface area (Å²) >= 11 is 0. The van der Waals surface area contributed by atoms with E-state index in [0.29, 0.717) is 0 Å². The highest BCUT2D eigenvalue weighted by Crippen LogP contribution is 2.28. The van der Waals surface area contributed by atoms with Crippen molar-refractivity contribution in [1.82, 2.24) is 4.90 Å². The number of β-lactam (4-membered cyclic amide) rings is 1. The number of rotatable bonds is 4. The van der Waals surface area contributed by atoms with Crippen molar-refractivity contribution in [1.29, 1.82) is 0 Å². The van der Waals surface area contributed by atoms with Gasteiger partial charge in [-0.05, 0) is 18.8 Å². The average molecular weight is 196 g/mol. The van der Waals surface area contributed by atoms with Crippen LogP contribution < -0.4 is 5.73 Å². The van der Waals surface area contributed by atoms with Gasteiger partial charge in [-0.1, -0.05) is 25.7 Å². The van der Waals surface area contributed by atoms with Gasteiger partial charge in [-0.2, -0.15) is 0 Å². The van der Waals surface area contributed by atoms with E-state index in [0.717, 1.165) is 19.0 Å². The fraction of sp³-hybridized carbons (Fsp3) is 0.909. The largest absolute Gasteiger partial charge is 0.339 e. The Labute approximate surface area is 85.6 Å². The summed E-state index contributed by atoms with van der Waals surface area (Å²) in [7, 11) is 0. The minimum atomic E-state index is -0.193. The predicted octanol–water partition coefficient (Wildman–Crippen LogP) is 1.13. The summed E-state index contributed by atoms with van der Waals surface area (Å²) in [5.41, 5.74) is 5.52. The molecule has 2 rings (SSSR count). The Bertz CT molecular complexity index is 211. The molecule has 1 heterocycles. The van der Waals surface area contributed by atoms with Crippen LogP contribution in [0.5, 0.6) is 0 Å². The third-order valence-electron chi connectivity index (χ3n) is 3.56. The quantitative estimate of drug-likeness (QED) is 0.685. The Morgan fingerprint density at radius 2 is 2.07 bits per heavy atom. The van der Waals surface area contributed by atoms with Gasteiger partial charge in [-0.3, -0.25) is 4.79 Å². The Morgan fingerprint density at radius 1 is 1.36 bits per heavy atom. The van der Waals surface area contributed by atoms with Crippen LogP contribution in [-0.4, -0.2) is 29.9 Å². The molecule has 0 bridgehead atoms. The molecule has 3 heteroatoms. The first-order valence-electron chi connectivity index (χ1n) is 5.82. The lowest BCUT2D eigenvalue weighted by molar-refractivity contribution is -0.142. The molecule has 2 N–H and O–H groups in total. The van der Waals surface area contributed by atoms with E-state index in [-0.39, 0.29) is 11.9 Å². The Morgan fingerprint density at radius 3 is 2.64 bits per heavy atom. The van der Waals surface area contributed by atoms with Crippen LogP contribution in [0, 0.1) is 5.92 Å². The lowest BCUT2D eigenvalue weighted by Gasteiger charge is -2.36. The third kappa shape index (κ3) is 2.08. The zero-order valence-corrected chi connectivity index (χ0v) is 8.74. The number of nitrogens with two attached hydrogens (primary N) is 1. The van der Waals surface area contributed by atoms with E-state index in [2.05, 4.69) is 0 Å². The van der Waals surface area contributed by atoms with Crippen LogP contribution in [-0.2, 0) is 4.79 Å². The van der Waals surface area contributed by atoms with Crippen molar-refractivity contribution < 1.29 is 4.79 Å². The highest BCUT2D eigenvalue weighted by atomic mass is 16.2. The maximum atomic E-state index is 11.2. The molecule has 0 aromatic heterocycles. The number of amides is 1. The summed E-state index contributed by atoms with van der Waals surface area (Å²) < 4.78 is 0. The van der Waals surface area contributed by atoms with E-state index in [1.165, 1.54) is 38.5 Å². The maximum Gasteiger partial charge on any atom is 0.241 e. The smallest absolute Gasteiger partial charge is 0.241 e. The number of hydrogen-bond acceptors (Lipinski definition) is 2. The van der Waals surface area contributed by atoms with E-state index in [1.54, 1.807) is 0 Å². The molecule has 2 fully saturated rings. The normalized spacial score (nSPS) is 28.2. The summed E-state index contributed by atoms with van der Waals surface area (Å²) in [5, 5.41) is 0. The van der Waals surface area contributed by atoms with Gasteiger partial charge in [0, 0.05) is 13.1 Å². The van der Waals surface area contributed by atoms with Gasteiger partial charge in [0.15, 0.2) is 0 Å². The summed E-state index contributed by atoms with van der Waals surface area (Å²) in [6, 6.07) is -0.193. The van der Waals surface area contributed by atoms with Crippen molar-refractivity contribution in [3.63, 3.8) is 0 Å². The number of nitrogens with zero attached hydrogens (tertiary/aromatic N) is 1. The monoisotopic (exact) mass is 196 g/mol. The van der Waals surface area contributed by atoms with Crippen molar-refractivity contribution in [3.05, 3.63) is 0 Å². The average Bonchev–Trinajstić information content (AvgIpc) is 2.69. The van der Waals surface area contributed by atoms with Crippen LogP contribution >= 0.6 is 0 Å². The van der Waals surface area contributed by atoms with Crippen LogP contribution in [0.15, 0.2) is 0 Å². The van der Waals surface area contributed by atoms with E-state index in [1.807, 2.05) is 4.90 Å². The second kappa shape index (κ2) is 4.30. The van der Waals surface area contributed by atoms with Gasteiger partial charge in [0.25, 0.3) is 0 Å². The second-order valence-corrected chi connectivity index (χ2v) is 4.68. The molecule has 1 unspecified atom stereocenters. The van der Waals surface area contributed by atoms with Crippen LogP contribution in [0.4, 0.5) is 0 Å². The van der Waals surface area contributed by atoms with Gasteiger partial charge in [0.2, 0.25) is 5.91 Å². The molecule has 14 heavy (non-hydrogen) atoms. The number of hydrogen-bond donors (Lipinski definition) is 1. The van der Waals surface area contributed by atoms with Gasteiger partial charge in [-0.15, -0.1) is 0 Å². The first-order valence-corrected chi connectivity index (χ1v) is 5.82. The molecule has 80 valence electrons. The lowest BCUT2D eigenvalue weighted by atomic mass is 10.0. The van der Waals surface area contributed by atoms with E-state index in [4.69, 9.17) is 5.73 Å². The highest BCUT2D eigenvalue weighted by molar-refractivity contribution is 5.87. The second-order valence-electron chi connectivity index (χ2n) is 4.68. The molecule has 0 spiro atoms. The first kappa shape index (κ1) is 9.97. The molecule has 1 saturated heterocycles. The van der Waals surface area contributed by atoms with Crippen LogP contribution in [0.3, 0.4) is 0 Å². The van der Waals surface area contributed by atoms with Gasteiger partial charge in [0.1, 0.15) is 6.04 Å². The zero-order valence-electron chi connectivity index (χ0n) is 8.74. The Balaban J connectivity index is 1.57. The Hall–Kier alpha value is -0.570. The predicted molar refractivity (Wildman–Crippen MR) is 55.7 cm³/mol. The van der Waals surface area contributed by atoms with Crippen molar-refractivity contribution in [2.75, 3.05) is 13.1 Å². The molecule has 1 aliphatic heterocycles. The van der Waals surface area contributed by atoms with Gasteiger partial charge < -0.3 is 10.6 Å². The molecule has 0 aromatic carbocycles. The maximum absolute atomic E-state index is 11.2. The van der Waals surface area contributed by atoms with Crippen molar-refractivity contribution in [2.45, 2.75) is 44.6 Å². The molecule has 3 nitrogen and oxygen atoms in total. The van der Waals surface area contributed by atoms with E-state index in [9.17, 15) is 4.79 Å². The lowest BCUT2D eigenvalue weighted by Crippen LogP contribution is -2.60. The molecular formula is C11H20N2O. The molecule has 1 aliphatic carbocycles. The van der Waals surface area contributed by atoms with Crippen molar-refractivity contribution in [2.24, 2.45) is 11.7 Å². The molecule has 1 saturated carbocycles. The summed E-state index contributed by atoms with van der Waals surface area (Å²) in [5.74, 6) is 1.09. The number of likely N-dealkylation sites (tertiary alicyclic amines) is 1. The molecule has 1 amide bonds. The van der Waals surface area contributed by atoms with Gasteiger partial charge in [0.05, 0.1) is 0 Å².